The van der Waals surface area contributed by atoms with Gasteiger partial charge in [-0.15, -0.1) is 0 Å². The number of fused-ring (bicyclic) bond motifs is 1. The van der Waals surface area contributed by atoms with Crippen molar-refractivity contribution in [3.63, 3.8) is 0 Å². The molecule has 0 saturated carbocycles. The predicted octanol–water partition coefficient (Wildman–Crippen LogP) is 4.13. The van der Waals surface area contributed by atoms with E-state index in [4.69, 9.17) is 20.7 Å². The molecule has 0 spiro atoms. The molecule has 0 fully saturated rings. The number of aromatic nitrogens is 2. The van der Waals surface area contributed by atoms with Gasteiger partial charge in [0.15, 0.2) is 0 Å². The van der Waals surface area contributed by atoms with Gasteiger partial charge in [-0.3, -0.25) is 0 Å². The van der Waals surface area contributed by atoms with Crippen LogP contribution in [-0.4, -0.2) is 10.1 Å². The van der Waals surface area contributed by atoms with Crippen molar-refractivity contribution in [2.75, 3.05) is 5.73 Å². The van der Waals surface area contributed by atoms with Gasteiger partial charge in [-0.1, -0.05) is 23.4 Å². The van der Waals surface area contributed by atoms with E-state index in [0.717, 1.165) is 50.4 Å². The van der Waals surface area contributed by atoms with E-state index < -0.39 is 0 Å². The van der Waals surface area contributed by atoms with E-state index in [9.17, 15) is 0 Å². The summed E-state index contributed by atoms with van der Waals surface area (Å²) in [6.45, 7) is 4.60. The summed E-state index contributed by atoms with van der Waals surface area (Å²) in [6.07, 6.45) is 0. The van der Waals surface area contributed by atoms with E-state index in [1.54, 1.807) is 0 Å². The Bertz CT molecular complexity index is 1150. The lowest BCUT2D eigenvalue weighted by Gasteiger charge is -2.12. The summed E-state index contributed by atoms with van der Waals surface area (Å²) in [5, 5.41) is 5.04. The summed E-state index contributed by atoms with van der Waals surface area (Å²) in [5.74, 6) is 2.02. The molecule has 2 heterocycles. The van der Waals surface area contributed by atoms with Crippen LogP contribution in [0, 0.1) is 13.8 Å². The number of ether oxygens (including phenoxy) is 1. The van der Waals surface area contributed by atoms with Crippen LogP contribution >= 0.6 is 0 Å². The summed E-state index contributed by atoms with van der Waals surface area (Å²) in [4.78, 5) is 4.46. The van der Waals surface area contributed by atoms with Crippen molar-refractivity contribution in [3.05, 3.63) is 71.1 Å². The summed E-state index contributed by atoms with van der Waals surface area (Å²) in [6, 6.07) is 15.9. The fourth-order valence-corrected chi connectivity index (χ4v) is 3.31. The normalized spacial score (nSPS) is 11.1. The fraction of sp³-hybridized carbons (Fsp3) is 0.182. The molecule has 4 N–H and O–H groups in total. The third-order valence-electron chi connectivity index (χ3n) is 4.70. The smallest absolute Gasteiger partial charge is 0.134 e. The number of aryl methyl sites for hydroxylation is 2. The second-order valence-corrected chi connectivity index (χ2v) is 6.84. The summed E-state index contributed by atoms with van der Waals surface area (Å²) in [7, 11) is 0. The quantitative estimate of drug-likeness (QED) is 0.545. The highest BCUT2D eigenvalue weighted by Crippen LogP contribution is 2.30. The van der Waals surface area contributed by atoms with Gasteiger partial charge >= 0.3 is 0 Å². The Kier molecular flexibility index (Phi) is 4.71. The van der Waals surface area contributed by atoms with Crippen molar-refractivity contribution in [1.82, 2.24) is 10.1 Å². The first-order chi connectivity index (χ1) is 13.5. The minimum Gasteiger partial charge on any atom is -0.487 e. The molecule has 0 radical (unpaired) electrons. The third-order valence-corrected chi connectivity index (χ3v) is 4.70. The van der Waals surface area contributed by atoms with Crippen LogP contribution < -0.4 is 16.2 Å². The summed E-state index contributed by atoms with van der Waals surface area (Å²) in [5.41, 5.74) is 17.6. The maximum absolute atomic E-state index is 5.96. The van der Waals surface area contributed by atoms with E-state index in [1.807, 2.05) is 50.2 Å². The van der Waals surface area contributed by atoms with Gasteiger partial charge in [0, 0.05) is 23.6 Å². The highest BCUT2D eigenvalue weighted by atomic mass is 16.5. The number of benzene rings is 2. The number of anilines is 1. The lowest BCUT2D eigenvalue weighted by molar-refractivity contribution is 0.285. The molecular formula is C22H22N4O2. The fourth-order valence-electron chi connectivity index (χ4n) is 3.31. The Hall–Kier alpha value is -3.38. The number of nitrogens with two attached hydrogens (primary N) is 2. The zero-order chi connectivity index (χ0) is 19.7. The molecule has 0 atom stereocenters. The Morgan fingerprint density at radius 2 is 1.79 bits per heavy atom. The molecule has 0 aliphatic rings. The Balaban J connectivity index is 1.64. The lowest BCUT2D eigenvalue weighted by atomic mass is 9.99. The van der Waals surface area contributed by atoms with Gasteiger partial charge < -0.3 is 20.7 Å². The van der Waals surface area contributed by atoms with Gasteiger partial charge in [-0.05, 0) is 54.8 Å². The molecule has 142 valence electrons. The van der Waals surface area contributed by atoms with E-state index in [-0.39, 0.29) is 0 Å². The first-order valence-electron chi connectivity index (χ1n) is 9.09. The second kappa shape index (κ2) is 7.32. The number of hydrogen-bond acceptors (Lipinski definition) is 6. The minimum absolute atomic E-state index is 0.335. The highest BCUT2D eigenvalue weighted by Gasteiger charge is 2.09. The molecular weight excluding hydrogens is 352 g/mol. The van der Waals surface area contributed by atoms with Crippen LogP contribution in [0.1, 0.15) is 22.6 Å². The molecule has 2 aromatic heterocycles. The van der Waals surface area contributed by atoms with E-state index in [0.29, 0.717) is 19.0 Å². The molecule has 0 amide bonds. The van der Waals surface area contributed by atoms with Crippen LogP contribution in [-0.2, 0) is 13.2 Å². The van der Waals surface area contributed by atoms with Gasteiger partial charge in [0.2, 0.25) is 0 Å². The van der Waals surface area contributed by atoms with Gasteiger partial charge in [0.1, 0.15) is 29.6 Å². The van der Waals surface area contributed by atoms with E-state index >= 15 is 0 Å². The molecule has 0 unspecified atom stereocenters. The van der Waals surface area contributed by atoms with E-state index in [2.05, 4.69) is 22.3 Å². The predicted molar refractivity (Wildman–Crippen MR) is 110 cm³/mol. The molecule has 0 saturated heterocycles. The molecule has 4 aromatic rings. The van der Waals surface area contributed by atoms with Crippen LogP contribution in [0.25, 0.3) is 22.0 Å². The lowest BCUT2D eigenvalue weighted by Crippen LogP contribution is -2.03. The maximum Gasteiger partial charge on any atom is 0.134 e. The van der Waals surface area contributed by atoms with Crippen LogP contribution in [0.2, 0.25) is 0 Å². The van der Waals surface area contributed by atoms with Gasteiger partial charge in [-0.25, -0.2) is 4.98 Å². The van der Waals surface area contributed by atoms with E-state index in [1.165, 1.54) is 0 Å². The average molecular weight is 374 g/mol. The molecule has 6 nitrogen and oxygen atoms in total. The van der Waals surface area contributed by atoms with Crippen molar-refractivity contribution in [2.24, 2.45) is 5.73 Å². The monoisotopic (exact) mass is 374 g/mol. The van der Waals surface area contributed by atoms with Crippen molar-refractivity contribution < 1.29 is 9.26 Å². The number of nitrogens with zero attached hydrogens (tertiary/aromatic N) is 2. The molecule has 2 aromatic carbocycles. The Morgan fingerprint density at radius 3 is 2.54 bits per heavy atom. The van der Waals surface area contributed by atoms with Gasteiger partial charge in [0.25, 0.3) is 0 Å². The number of hydrogen-bond donors (Lipinski definition) is 2. The molecule has 0 aliphatic carbocycles. The van der Waals surface area contributed by atoms with Crippen molar-refractivity contribution in [1.29, 1.82) is 0 Å². The molecule has 6 heteroatoms. The molecule has 28 heavy (non-hydrogen) atoms. The SMILES string of the molecule is Cc1cc(COc2ccc(-c3ccc4c(C)cc(N)nc4c3)cc2CN)no1. The average Bonchev–Trinajstić information content (AvgIpc) is 3.10. The zero-order valence-electron chi connectivity index (χ0n) is 15.9. The van der Waals surface area contributed by atoms with Gasteiger partial charge in [0.05, 0.1) is 5.52 Å². The standard InChI is InChI=1S/C22H22N4O2/c1-13-7-22(24)25-20-10-16(3-5-19(13)20)15-4-6-21(17(9-15)11-23)27-12-18-8-14(2)28-26-18/h3-10H,11-12,23H2,1-2H3,(H2,24,25). The third kappa shape index (κ3) is 3.54. The largest absolute Gasteiger partial charge is 0.487 e. The topological polar surface area (TPSA) is 100 Å². The van der Waals surface area contributed by atoms with Crippen molar-refractivity contribution in [2.45, 2.75) is 27.0 Å². The number of rotatable bonds is 5. The zero-order valence-corrected chi connectivity index (χ0v) is 15.9. The summed E-state index contributed by atoms with van der Waals surface area (Å²) < 4.78 is 11.0. The minimum atomic E-state index is 0.335. The maximum atomic E-state index is 5.96. The van der Waals surface area contributed by atoms with Crippen molar-refractivity contribution in [3.8, 4) is 16.9 Å². The van der Waals surface area contributed by atoms with Crippen molar-refractivity contribution >= 4 is 16.7 Å². The molecule has 0 aliphatic heterocycles. The van der Waals surface area contributed by atoms with Crippen LogP contribution in [0.4, 0.5) is 5.82 Å². The Labute approximate surface area is 163 Å². The first kappa shape index (κ1) is 18.0. The van der Waals surface area contributed by atoms with Crippen LogP contribution in [0.5, 0.6) is 5.75 Å². The summed E-state index contributed by atoms with van der Waals surface area (Å²) >= 11 is 0. The van der Waals surface area contributed by atoms with Crippen LogP contribution in [0.15, 0.2) is 53.1 Å². The first-order valence-corrected chi connectivity index (χ1v) is 9.09. The molecule has 4 rings (SSSR count). The second-order valence-electron chi connectivity index (χ2n) is 6.84. The Morgan fingerprint density at radius 1 is 1.00 bits per heavy atom. The molecule has 0 bridgehead atoms. The number of pyridine rings is 1. The number of nitrogen functional groups attached to an aromatic ring is 1. The van der Waals surface area contributed by atoms with Crippen LogP contribution in [0.3, 0.4) is 0 Å². The highest BCUT2D eigenvalue weighted by molar-refractivity contribution is 5.88. The van der Waals surface area contributed by atoms with Gasteiger partial charge in [-0.2, -0.15) is 0 Å².